The summed E-state index contributed by atoms with van der Waals surface area (Å²) >= 11 is 0. The highest BCUT2D eigenvalue weighted by molar-refractivity contribution is 5.98. The van der Waals surface area contributed by atoms with Gasteiger partial charge >= 0.3 is 11.9 Å². The molecule has 0 aromatic heterocycles. The maximum absolute atomic E-state index is 11.6. The van der Waals surface area contributed by atoms with Gasteiger partial charge in [0.05, 0.1) is 12.0 Å². The summed E-state index contributed by atoms with van der Waals surface area (Å²) < 4.78 is 4.91. The van der Waals surface area contributed by atoms with Gasteiger partial charge in [0, 0.05) is 12.0 Å². The average Bonchev–Trinajstić information content (AvgIpc) is 2.49. The molecular weight excluding hydrogens is 224 g/mol. The van der Waals surface area contributed by atoms with E-state index in [-0.39, 0.29) is 18.8 Å². The van der Waals surface area contributed by atoms with Crippen LogP contribution in [0.1, 0.15) is 26.2 Å². The highest BCUT2D eigenvalue weighted by atomic mass is 16.7. The van der Waals surface area contributed by atoms with Crippen LogP contribution < -0.4 is 0 Å². The molecule has 1 heterocycles. The fourth-order valence-corrected chi connectivity index (χ4v) is 2.13. The Kier molecular flexibility index (Phi) is 2.79. The predicted molar refractivity (Wildman–Crippen MR) is 57.9 cm³/mol. The van der Waals surface area contributed by atoms with Crippen molar-refractivity contribution in [2.45, 2.75) is 32.0 Å². The van der Waals surface area contributed by atoms with Gasteiger partial charge in [-0.15, -0.1) is 0 Å². The van der Waals surface area contributed by atoms with E-state index in [1.807, 2.05) is 6.92 Å². The minimum Gasteiger partial charge on any atom is -0.481 e. The number of rotatable bonds is 3. The molecule has 2 atom stereocenters. The molecule has 1 aliphatic heterocycles. The van der Waals surface area contributed by atoms with Crippen LogP contribution in [0.2, 0.25) is 0 Å². The van der Waals surface area contributed by atoms with Gasteiger partial charge in [-0.25, -0.2) is 4.79 Å². The van der Waals surface area contributed by atoms with Crippen molar-refractivity contribution in [1.82, 2.24) is 0 Å². The van der Waals surface area contributed by atoms with E-state index in [1.165, 1.54) is 0 Å². The molecule has 0 spiro atoms. The molecule has 0 bridgehead atoms. The summed E-state index contributed by atoms with van der Waals surface area (Å²) in [5.74, 6) is -3.14. The first-order valence-corrected chi connectivity index (χ1v) is 5.53. The topological polar surface area (TPSA) is 83.8 Å². The Morgan fingerprint density at radius 3 is 3.00 bits per heavy atom. The van der Waals surface area contributed by atoms with Crippen LogP contribution in [0, 0.1) is 5.92 Å². The molecule has 2 rings (SSSR count). The maximum Gasteiger partial charge on any atom is 0.341 e. The summed E-state index contributed by atoms with van der Waals surface area (Å²) in [7, 11) is 0. The number of carboxylic acids is 1. The Bertz CT molecular complexity index is 434. The molecular formula is C12H14O5. The second kappa shape index (κ2) is 4.00. The van der Waals surface area contributed by atoms with Gasteiger partial charge in [-0.1, -0.05) is 19.1 Å². The summed E-state index contributed by atoms with van der Waals surface area (Å²) in [6, 6.07) is 0. The zero-order valence-corrected chi connectivity index (χ0v) is 9.47. The smallest absolute Gasteiger partial charge is 0.341 e. The van der Waals surface area contributed by atoms with Crippen molar-refractivity contribution in [2.75, 3.05) is 0 Å². The second-order valence-corrected chi connectivity index (χ2v) is 4.48. The first kappa shape index (κ1) is 11.9. The summed E-state index contributed by atoms with van der Waals surface area (Å²) in [5, 5.41) is 18.8. The standard InChI is InChI=1S/C12H14O5/c1-7-2-3-9-8(6-7)11(15)17-12(9,16)5-4-10(13)14/h3,6-7,16H,2,4-5H2,1H3,(H,13,14). The van der Waals surface area contributed by atoms with Crippen LogP contribution >= 0.6 is 0 Å². The minimum absolute atomic E-state index is 0.119. The number of hydrogen-bond acceptors (Lipinski definition) is 4. The molecule has 2 unspecified atom stereocenters. The number of allylic oxidation sites excluding steroid dienone is 2. The third-order valence-electron chi connectivity index (χ3n) is 3.02. The zero-order chi connectivity index (χ0) is 12.6. The lowest BCUT2D eigenvalue weighted by atomic mass is 9.87. The van der Waals surface area contributed by atoms with Gasteiger partial charge in [0.2, 0.25) is 5.79 Å². The molecule has 2 N–H and O–H groups in total. The number of carboxylic acid groups (broad SMARTS) is 1. The Morgan fingerprint density at radius 2 is 2.35 bits per heavy atom. The van der Waals surface area contributed by atoms with Crippen molar-refractivity contribution in [2.24, 2.45) is 5.92 Å². The third kappa shape index (κ3) is 2.10. The number of aliphatic hydroxyl groups is 1. The summed E-state index contributed by atoms with van der Waals surface area (Å²) in [6.45, 7) is 1.96. The van der Waals surface area contributed by atoms with Gasteiger partial charge in [0.15, 0.2) is 0 Å². The van der Waals surface area contributed by atoms with Gasteiger partial charge in [-0.05, 0) is 12.3 Å². The van der Waals surface area contributed by atoms with Crippen molar-refractivity contribution in [3.63, 3.8) is 0 Å². The Morgan fingerprint density at radius 1 is 1.65 bits per heavy atom. The van der Waals surface area contributed by atoms with Crippen molar-refractivity contribution < 1.29 is 24.5 Å². The molecule has 2 aliphatic rings. The number of carbonyl (C=O) groups is 2. The molecule has 1 fully saturated rings. The van der Waals surface area contributed by atoms with Crippen molar-refractivity contribution in [3.8, 4) is 0 Å². The van der Waals surface area contributed by atoms with Crippen molar-refractivity contribution in [1.29, 1.82) is 0 Å². The van der Waals surface area contributed by atoms with Gasteiger partial charge in [-0.2, -0.15) is 0 Å². The molecule has 0 saturated carbocycles. The van der Waals surface area contributed by atoms with Crippen molar-refractivity contribution >= 4 is 11.9 Å². The van der Waals surface area contributed by atoms with Gasteiger partial charge in [0.25, 0.3) is 0 Å². The van der Waals surface area contributed by atoms with E-state index in [4.69, 9.17) is 9.84 Å². The molecule has 17 heavy (non-hydrogen) atoms. The van der Waals surface area contributed by atoms with Gasteiger partial charge in [-0.3, -0.25) is 4.79 Å². The Hall–Kier alpha value is -1.62. The summed E-state index contributed by atoms with van der Waals surface area (Å²) in [4.78, 5) is 22.1. The summed E-state index contributed by atoms with van der Waals surface area (Å²) in [6.07, 6.45) is 3.86. The first-order chi connectivity index (χ1) is 7.92. The SMILES string of the molecule is CC1C=C2C(=O)OC(O)(CCC(=O)O)C2=CC1. The molecule has 0 aromatic rings. The lowest BCUT2D eigenvalue weighted by molar-refractivity contribution is -0.181. The maximum atomic E-state index is 11.6. The minimum atomic E-state index is -1.76. The third-order valence-corrected chi connectivity index (χ3v) is 3.02. The highest BCUT2D eigenvalue weighted by Crippen LogP contribution is 2.41. The molecule has 1 aliphatic carbocycles. The number of esters is 1. The van der Waals surface area contributed by atoms with E-state index >= 15 is 0 Å². The quantitative estimate of drug-likeness (QED) is 0.716. The molecule has 5 nitrogen and oxygen atoms in total. The normalized spacial score (nSPS) is 31.4. The molecule has 92 valence electrons. The largest absolute Gasteiger partial charge is 0.481 e. The van der Waals surface area contributed by atoms with Crippen LogP contribution in [-0.4, -0.2) is 27.9 Å². The second-order valence-electron chi connectivity index (χ2n) is 4.48. The number of aliphatic carboxylic acids is 1. The predicted octanol–water partition coefficient (Wildman–Crippen LogP) is 0.989. The lowest BCUT2D eigenvalue weighted by Crippen LogP contribution is -2.31. The highest BCUT2D eigenvalue weighted by Gasteiger charge is 2.47. The molecule has 0 aromatic carbocycles. The number of carbonyl (C=O) groups excluding carboxylic acids is 1. The fraction of sp³-hybridized carbons (Fsp3) is 0.500. The first-order valence-electron chi connectivity index (χ1n) is 5.53. The van der Waals surface area contributed by atoms with E-state index in [0.29, 0.717) is 17.6 Å². The van der Waals surface area contributed by atoms with Crippen LogP contribution in [0.15, 0.2) is 23.3 Å². The zero-order valence-electron chi connectivity index (χ0n) is 9.47. The number of hydrogen-bond donors (Lipinski definition) is 2. The van der Waals surface area contributed by atoms with E-state index in [1.54, 1.807) is 12.2 Å². The van der Waals surface area contributed by atoms with Crippen LogP contribution in [0.4, 0.5) is 0 Å². The fourth-order valence-electron chi connectivity index (χ4n) is 2.13. The molecule has 0 amide bonds. The van der Waals surface area contributed by atoms with Crippen LogP contribution in [0.3, 0.4) is 0 Å². The number of ether oxygens (including phenoxy) is 1. The van der Waals surface area contributed by atoms with E-state index in [9.17, 15) is 14.7 Å². The van der Waals surface area contributed by atoms with Gasteiger partial charge < -0.3 is 14.9 Å². The average molecular weight is 238 g/mol. The number of fused-ring (bicyclic) bond motifs is 1. The van der Waals surface area contributed by atoms with E-state index < -0.39 is 17.7 Å². The molecule has 1 saturated heterocycles. The molecule has 0 radical (unpaired) electrons. The van der Waals surface area contributed by atoms with Gasteiger partial charge in [0.1, 0.15) is 0 Å². The molecule has 5 heteroatoms. The Labute approximate surface area is 98.4 Å². The summed E-state index contributed by atoms with van der Waals surface area (Å²) in [5.41, 5.74) is 0.790. The van der Waals surface area contributed by atoms with E-state index in [0.717, 1.165) is 0 Å². The van der Waals surface area contributed by atoms with Crippen LogP contribution in [0.5, 0.6) is 0 Å². The lowest BCUT2D eigenvalue weighted by Gasteiger charge is -2.23. The number of cyclic esters (lactones) is 1. The van der Waals surface area contributed by atoms with Crippen LogP contribution in [-0.2, 0) is 14.3 Å². The van der Waals surface area contributed by atoms with E-state index in [2.05, 4.69) is 0 Å². The van der Waals surface area contributed by atoms with Crippen LogP contribution in [0.25, 0.3) is 0 Å². The Balaban J connectivity index is 2.24. The van der Waals surface area contributed by atoms with Crippen molar-refractivity contribution in [3.05, 3.63) is 23.3 Å². The monoisotopic (exact) mass is 238 g/mol.